The van der Waals surface area contributed by atoms with Crippen LogP contribution in [0.25, 0.3) is 0 Å². The second kappa shape index (κ2) is 8.29. The third-order valence-corrected chi connectivity index (χ3v) is 8.14. The van der Waals surface area contributed by atoms with Crippen molar-refractivity contribution in [1.82, 2.24) is 14.5 Å². The summed E-state index contributed by atoms with van der Waals surface area (Å²) in [6.07, 6.45) is 3.01. The summed E-state index contributed by atoms with van der Waals surface area (Å²) in [6.45, 7) is 4.00. The molecule has 0 aromatic heterocycles. The first-order chi connectivity index (χ1) is 12.9. The lowest BCUT2D eigenvalue weighted by Gasteiger charge is -2.44. The molecular weight excluding hydrogens is 362 g/mol. The van der Waals surface area contributed by atoms with E-state index in [2.05, 4.69) is 5.32 Å². The van der Waals surface area contributed by atoms with Crippen LogP contribution in [0.3, 0.4) is 0 Å². The Balaban J connectivity index is 1.84. The number of hydrogen-bond donors (Lipinski definition) is 1. The predicted octanol–water partition coefficient (Wildman–Crippen LogP) is 1.58. The van der Waals surface area contributed by atoms with Gasteiger partial charge in [0.15, 0.2) is 0 Å². The molecule has 2 heterocycles. The molecule has 2 fully saturated rings. The zero-order valence-electron chi connectivity index (χ0n) is 16.4. The van der Waals surface area contributed by atoms with Crippen molar-refractivity contribution >= 4 is 15.9 Å². The van der Waals surface area contributed by atoms with Gasteiger partial charge in [0.05, 0.1) is 11.2 Å². The van der Waals surface area contributed by atoms with Crippen LogP contribution in [-0.4, -0.2) is 68.6 Å². The molecule has 0 saturated carbocycles. The van der Waals surface area contributed by atoms with Gasteiger partial charge in [0.25, 0.3) is 0 Å². The third-order valence-electron chi connectivity index (χ3n) is 6.26. The van der Waals surface area contributed by atoms with E-state index in [0.717, 1.165) is 31.5 Å². The summed E-state index contributed by atoms with van der Waals surface area (Å²) in [5.41, 5.74) is 0.396. The highest BCUT2D eigenvalue weighted by Crippen LogP contribution is 2.38. The van der Waals surface area contributed by atoms with Gasteiger partial charge in [-0.3, -0.25) is 4.79 Å². The van der Waals surface area contributed by atoms with E-state index in [0.29, 0.717) is 32.0 Å². The first-order valence-corrected chi connectivity index (χ1v) is 11.5. The molecule has 2 saturated heterocycles. The van der Waals surface area contributed by atoms with Gasteiger partial charge in [-0.15, -0.1) is 0 Å². The lowest BCUT2D eigenvalue weighted by molar-refractivity contribution is -0.140. The van der Waals surface area contributed by atoms with Crippen LogP contribution in [0.4, 0.5) is 0 Å². The van der Waals surface area contributed by atoms with Crippen molar-refractivity contribution in [2.24, 2.45) is 0 Å². The first-order valence-electron chi connectivity index (χ1n) is 9.93. The fourth-order valence-electron chi connectivity index (χ4n) is 4.39. The minimum Gasteiger partial charge on any atom is -0.342 e. The van der Waals surface area contributed by atoms with Crippen molar-refractivity contribution in [2.45, 2.75) is 44.1 Å². The number of hydrogen-bond acceptors (Lipinski definition) is 4. The Kier molecular flexibility index (Phi) is 6.23. The molecule has 150 valence electrons. The average Bonchev–Trinajstić information content (AvgIpc) is 2.74. The Morgan fingerprint density at radius 2 is 1.70 bits per heavy atom. The van der Waals surface area contributed by atoms with Crippen molar-refractivity contribution < 1.29 is 13.2 Å². The molecular formula is C20H31N3O3S. The highest BCUT2D eigenvalue weighted by Gasteiger charge is 2.46. The molecule has 3 rings (SSSR count). The van der Waals surface area contributed by atoms with Crippen LogP contribution in [0.2, 0.25) is 0 Å². The van der Waals surface area contributed by atoms with E-state index in [1.54, 1.807) is 11.2 Å². The number of nitrogens with zero attached hydrogens (tertiary/aromatic N) is 2. The van der Waals surface area contributed by atoms with E-state index in [9.17, 15) is 13.2 Å². The van der Waals surface area contributed by atoms with Crippen LogP contribution in [-0.2, 0) is 20.2 Å². The lowest BCUT2D eigenvalue weighted by atomic mass is 9.71. The number of likely N-dealkylation sites (tertiary alicyclic amines) is 1. The van der Waals surface area contributed by atoms with Gasteiger partial charge in [0, 0.05) is 32.2 Å². The molecule has 1 amide bonds. The van der Waals surface area contributed by atoms with Crippen molar-refractivity contribution in [3.63, 3.8) is 0 Å². The number of piperidine rings is 2. The summed E-state index contributed by atoms with van der Waals surface area (Å²) in [6, 6.07) is 10.4. The van der Waals surface area contributed by atoms with Crippen LogP contribution in [0.1, 0.15) is 38.2 Å². The smallest absolute Gasteiger partial charge is 0.233 e. The zero-order chi connectivity index (χ0) is 19.5. The molecule has 1 N–H and O–H groups in total. The van der Waals surface area contributed by atoms with Crippen molar-refractivity contribution in [1.29, 1.82) is 0 Å². The highest BCUT2D eigenvalue weighted by atomic mass is 32.2. The monoisotopic (exact) mass is 393 g/mol. The lowest BCUT2D eigenvalue weighted by Crippen LogP contribution is -2.56. The molecule has 0 aliphatic carbocycles. The number of nitrogens with one attached hydrogen (secondary N) is 1. The quantitative estimate of drug-likeness (QED) is 0.825. The van der Waals surface area contributed by atoms with Gasteiger partial charge in [-0.05, 0) is 45.2 Å². The van der Waals surface area contributed by atoms with Gasteiger partial charge >= 0.3 is 0 Å². The van der Waals surface area contributed by atoms with Gasteiger partial charge in [-0.2, -0.15) is 0 Å². The Bertz CT molecular complexity index is 735. The van der Waals surface area contributed by atoms with E-state index in [1.165, 1.54) is 0 Å². The first kappa shape index (κ1) is 20.3. The van der Waals surface area contributed by atoms with Crippen LogP contribution in [0.15, 0.2) is 30.3 Å². The van der Waals surface area contributed by atoms with Gasteiger partial charge in [0.2, 0.25) is 15.9 Å². The van der Waals surface area contributed by atoms with E-state index in [1.807, 2.05) is 42.3 Å². The Morgan fingerprint density at radius 1 is 1.11 bits per heavy atom. The standard InChI is InChI=1S/C20H31N3O3S/c1-3-27(25,26)23-15-11-20(12-16-23,17-7-5-4-6-8-17)19(24)22-13-9-18(21-2)10-14-22/h4-8,18,21H,3,9-16H2,1-2H3. The third kappa shape index (κ3) is 4.05. The maximum Gasteiger partial charge on any atom is 0.233 e. The molecule has 0 radical (unpaired) electrons. The number of carbonyl (C=O) groups excluding carboxylic acids is 1. The van der Waals surface area contributed by atoms with Gasteiger partial charge in [-0.25, -0.2) is 12.7 Å². The number of sulfonamides is 1. The Labute approximate surface area is 163 Å². The fraction of sp³-hybridized carbons (Fsp3) is 0.650. The van der Waals surface area contributed by atoms with E-state index < -0.39 is 15.4 Å². The number of carbonyl (C=O) groups is 1. The highest BCUT2D eigenvalue weighted by molar-refractivity contribution is 7.89. The normalized spacial score (nSPS) is 21.9. The SMILES string of the molecule is CCS(=O)(=O)N1CCC(C(=O)N2CCC(NC)CC2)(c2ccccc2)CC1. The summed E-state index contributed by atoms with van der Waals surface area (Å²) in [4.78, 5) is 15.6. The van der Waals surface area contributed by atoms with Crippen molar-refractivity contribution in [3.05, 3.63) is 35.9 Å². The van der Waals surface area contributed by atoms with Crippen molar-refractivity contribution in [2.75, 3.05) is 39.0 Å². The molecule has 27 heavy (non-hydrogen) atoms. The molecule has 0 atom stereocenters. The second-order valence-corrected chi connectivity index (χ2v) is 9.86. The summed E-state index contributed by atoms with van der Waals surface area (Å²) >= 11 is 0. The van der Waals surface area contributed by atoms with Gasteiger partial charge in [0.1, 0.15) is 0 Å². The average molecular weight is 394 g/mol. The van der Waals surface area contributed by atoms with Crippen molar-refractivity contribution in [3.8, 4) is 0 Å². The van der Waals surface area contributed by atoms with Crippen LogP contribution in [0, 0.1) is 0 Å². The molecule has 2 aliphatic heterocycles. The van der Waals surface area contributed by atoms with E-state index in [4.69, 9.17) is 0 Å². The maximum absolute atomic E-state index is 13.6. The van der Waals surface area contributed by atoms with Gasteiger partial charge < -0.3 is 10.2 Å². The van der Waals surface area contributed by atoms with Gasteiger partial charge in [-0.1, -0.05) is 30.3 Å². The minimum absolute atomic E-state index is 0.108. The van der Waals surface area contributed by atoms with Crippen LogP contribution >= 0.6 is 0 Å². The summed E-state index contributed by atoms with van der Waals surface area (Å²) in [5, 5.41) is 3.30. The molecule has 1 aromatic rings. The van der Waals surface area contributed by atoms with Crippen LogP contribution in [0.5, 0.6) is 0 Å². The molecule has 0 spiro atoms. The Morgan fingerprint density at radius 3 is 2.22 bits per heavy atom. The van der Waals surface area contributed by atoms with Crippen LogP contribution < -0.4 is 5.32 Å². The fourth-order valence-corrected chi connectivity index (χ4v) is 5.49. The topological polar surface area (TPSA) is 69.7 Å². The zero-order valence-corrected chi connectivity index (χ0v) is 17.2. The molecule has 7 heteroatoms. The maximum atomic E-state index is 13.6. The largest absolute Gasteiger partial charge is 0.342 e. The summed E-state index contributed by atoms with van der Waals surface area (Å²) in [5.74, 6) is 0.272. The minimum atomic E-state index is -3.21. The number of rotatable bonds is 5. The Hall–Kier alpha value is -1.44. The number of benzene rings is 1. The summed E-state index contributed by atoms with van der Waals surface area (Å²) in [7, 11) is -1.24. The summed E-state index contributed by atoms with van der Waals surface area (Å²) < 4.78 is 26.1. The van der Waals surface area contributed by atoms with E-state index in [-0.39, 0.29) is 11.7 Å². The second-order valence-electron chi connectivity index (χ2n) is 7.60. The number of amides is 1. The molecule has 0 bridgehead atoms. The van der Waals surface area contributed by atoms with E-state index >= 15 is 0 Å². The molecule has 2 aliphatic rings. The predicted molar refractivity (Wildman–Crippen MR) is 107 cm³/mol. The molecule has 0 unspecified atom stereocenters. The molecule has 6 nitrogen and oxygen atoms in total. The molecule has 1 aromatic carbocycles.